The predicted octanol–water partition coefficient (Wildman–Crippen LogP) is 5.30. The number of rotatable bonds is 3. The normalized spacial score (nSPS) is 14.1. The lowest BCUT2D eigenvalue weighted by atomic mass is 10.1. The largest absolute Gasteiger partial charge is 0.321 e. The molecule has 0 fully saturated rings. The standard InChI is InChI=1S/C24H15BrIN3O2/c25-15-6-8-20-17(10-15)18(23(30)28-20)12-22-27-21-9-7-16(26)11-19(21)24(31)29(22)13-14-4-2-1-3-5-14/h1-12H,13H2,(H,28,30). The molecule has 31 heavy (non-hydrogen) atoms. The molecule has 1 N–H and O–H groups in total. The number of benzene rings is 3. The second-order valence-electron chi connectivity index (χ2n) is 7.21. The maximum atomic E-state index is 13.4. The van der Waals surface area contributed by atoms with Crippen LogP contribution in [0.1, 0.15) is 17.0 Å². The lowest BCUT2D eigenvalue weighted by Crippen LogP contribution is -2.25. The Morgan fingerprint density at radius 2 is 1.84 bits per heavy atom. The summed E-state index contributed by atoms with van der Waals surface area (Å²) in [6.07, 6.45) is 1.70. The highest BCUT2D eigenvalue weighted by Gasteiger charge is 2.25. The molecule has 0 saturated heterocycles. The molecule has 0 radical (unpaired) electrons. The second kappa shape index (κ2) is 8.05. The summed E-state index contributed by atoms with van der Waals surface area (Å²) in [6.45, 7) is 0.361. The highest BCUT2D eigenvalue weighted by Crippen LogP contribution is 2.35. The van der Waals surface area contributed by atoms with Crippen LogP contribution < -0.4 is 10.9 Å². The van der Waals surface area contributed by atoms with Gasteiger partial charge in [-0.25, -0.2) is 4.98 Å². The van der Waals surface area contributed by atoms with Gasteiger partial charge in [-0.15, -0.1) is 0 Å². The van der Waals surface area contributed by atoms with E-state index in [-0.39, 0.29) is 11.5 Å². The minimum absolute atomic E-state index is 0.132. The Labute approximate surface area is 200 Å². The summed E-state index contributed by atoms with van der Waals surface area (Å²) in [7, 11) is 0. The molecule has 5 rings (SSSR count). The molecule has 4 aromatic rings. The molecule has 1 aliphatic rings. The number of hydrogen-bond acceptors (Lipinski definition) is 3. The van der Waals surface area contributed by atoms with Crippen molar-refractivity contribution in [1.29, 1.82) is 0 Å². The van der Waals surface area contributed by atoms with Crippen molar-refractivity contribution in [2.45, 2.75) is 6.54 Å². The molecule has 3 aromatic carbocycles. The fourth-order valence-corrected chi connectivity index (χ4v) is 4.52. The van der Waals surface area contributed by atoms with Crippen LogP contribution in [-0.4, -0.2) is 15.5 Å². The first kappa shape index (κ1) is 20.1. The second-order valence-corrected chi connectivity index (χ2v) is 9.37. The van der Waals surface area contributed by atoms with E-state index in [1.54, 1.807) is 10.6 Å². The maximum Gasteiger partial charge on any atom is 0.261 e. The van der Waals surface area contributed by atoms with Gasteiger partial charge in [0.05, 0.1) is 23.0 Å². The van der Waals surface area contributed by atoms with Gasteiger partial charge < -0.3 is 5.32 Å². The van der Waals surface area contributed by atoms with E-state index < -0.39 is 0 Å². The number of halogens is 2. The Balaban J connectivity index is 1.75. The molecule has 0 atom stereocenters. The van der Waals surface area contributed by atoms with Crippen molar-refractivity contribution in [3.63, 3.8) is 0 Å². The topological polar surface area (TPSA) is 64.0 Å². The summed E-state index contributed by atoms with van der Waals surface area (Å²) in [6, 6.07) is 21.0. The van der Waals surface area contributed by atoms with Gasteiger partial charge in [-0.05, 0) is 70.6 Å². The van der Waals surface area contributed by atoms with Crippen LogP contribution >= 0.6 is 38.5 Å². The van der Waals surface area contributed by atoms with Crippen molar-refractivity contribution in [3.05, 3.63) is 102 Å². The van der Waals surface area contributed by atoms with E-state index in [4.69, 9.17) is 4.98 Å². The molecule has 0 aliphatic carbocycles. The van der Waals surface area contributed by atoms with Gasteiger partial charge in [-0.1, -0.05) is 46.3 Å². The fourth-order valence-electron chi connectivity index (χ4n) is 3.67. The van der Waals surface area contributed by atoms with E-state index in [0.717, 1.165) is 24.9 Å². The van der Waals surface area contributed by atoms with Crippen LogP contribution in [0.5, 0.6) is 0 Å². The maximum absolute atomic E-state index is 13.4. The summed E-state index contributed by atoms with van der Waals surface area (Å²) < 4.78 is 3.47. The smallest absolute Gasteiger partial charge is 0.261 e. The molecule has 5 nitrogen and oxygen atoms in total. The van der Waals surface area contributed by atoms with Crippen molar-refractivity contribution in [3.8, 4) is 0 Å². The number of nitrogens with zero attached hydrogens (tertiary/aromatic N) is 2. The Hall–Kier alpha value is -2.78. The molecular weight excluding hydrogens is 569 g/mol. The van der Waals surface area contributed by atoms with Crippen LogP contribution in [0.15, 0.2) is 76.0 Å². The molecule has 1 aromatic heterocycles. The highest BCUT2D eigenvalue weighted by molar-refractivity contribution is 14.1. The van der Waals surface area contributed by atoms with Gasteiger partial charge in [0.15, 0.2) is 0 Å². The van der Waals surface area contributed by atoms with Gasteiger partial charge >= 0.3 is 0 Å². The zero-order chi connectivity index (χ0) is 21.5. The highest BCUT2D eigenvalue weighted by atomic mass is 127. The molecule has 1 amide bonds. The van der Waals surface area contributed by atoms with Crippen LogP contribution in [0.4, 0.5) is 5.69 Å². The molecule has 7 heteroatoms. The number of nitrogens with one attached hydrogen (secondary N) is 1. The first-order chi connectivity index (χ1) is 15.0. The SMILES string of the molecule is O=C1Nc2ccc(Br)cc2C1=Cc1nc2ccc(I)cc2c(=O)n1Cc1ccccc1. The predicted molar refractivity (Wildman–Crippen MR) is 135 cm³/mol. The molecule has 0 bridgehead atoms. The van der Waals surface area contributed by atoms with Gasteiger partial charge in [-0.2, -0.15) is 0 Å². The number of anilines is 1. The number of carbonyl (C=O) groups is 1. The molecule has 0 saturated carbocycles. The van der Waals surface area contributed by atoms with Crippen LogP contribution in [-0.2, 0) is 11.3 Å². The zero-order valence-electron chi connectivity index (χ0n) is 16.1. The van der Waals surface area contributed by atoms with E-state index >= 15 is 0 Å². The lowest BCUT2D eigenvalue weighted by molar-refractivity contribution is -0.110. The van der Waals surface area contributed by atoms with Gasteiger partial charge in [0.1, 0.15) is 5.82 Å². The third-order valence-electron chi connectivity index (χ3n) is 5.17. The first-order valence-electron chi connectivity index (χ1n) is 9.56. The summed E-state index contributed by atoms with van der Waals surface area (Å²) in [4.78, 5) is 30.9. The van der Waals surface area contributed by atoms with E-state index in [0.29, 0.717) is 28.8 Å². The van der Waals surface area contributed by atoms with Crippen molar-refractivity contribution in [2.24, 2.45) is 0 Å². The number of amides is 1. The minimum atomic E-state index is -0.212. The van der Waals surface area contributed by atoms with Gasteiger partial charge in [-0.3, -0.25) is 14.2 Å². The number of fused-ring (bicyclic) bond motifs is 2. The van der Waals surface area contributed by atoms with Crippen LogP contribution in [0.3, 0.4) is 0 Å². The van der Waals surface area contributed by atoms with Gasteiger partial charge in [0, 0.05) is 19.3 Å². The summed E-state index contributed by atoms with van der Waals surface area (Å²) >= 11 is 5.66. The van der Waals surface area contributed by atoms with Crippen LogP contribution in [0.2, 0.25) is 0 Å². The van der Waals surface area contributed by atoms with Crippen molar-refractivity contribution in [1.82, 2.24) is 9.55 Å². The summed E-state index contributed by atoms with van der Waals surface area (Å²) in [5, 5.41) is 3.44. The third-order valence-corrected chi connectivity index (χ3v) is 6.33. The number of aromatic nitrogens is 2. The molecular formula is C24H15BrIN3O2. The molecule has 2 heterocycles. The Morgan fingerprint density at radius 1 is 1.03 bits per heavy atom. The van der Waals surface area contributed by atoms with Gasteiger partial charge in [0.2, 0.25) is 0 Å². The average Bonchev–Trinajstić information content (AvgIpc) is 3.06. The van der Waals surface area contributed by atoms with Crippen molar-refractivity contribution in [2.75, 3.05) is 5.32 Å². The Morgan fingerprint density at radius 3 is 2.65 bits per heavy atom. The van der Waals surface area contributed by atoms with Crippen molar-refractivity contribution >= 4 is 72.7 Å². The molecule has 0 unspecified atom stereocenters. The first-order valence-corrected chi connectivity index (χ1v) is 11.4. The monoisotopic (exact) mass is 583 g/mol. The summed E-state index contributed by atoms with van der Waals surface area (Å²) in [5.74, 6) is 0.233. The van der Waals surface area contributed by atoms with Crippen molar-refractivity contribution < 1.29 is 4.79 Å². The van der Waals surface area contributed by atoms with E-state index in [1.165, 1.54) is 0 Å². The molecule has 1 aliphatic heterocycles. The fraction of sp³-hybridized carbons (Fsp3) is 0.0417. The molecule has 152 valence electrons. The minimum Gasteiger partial charge on any atom is -0.321 e. The van der Waals surface area contributed by atoms with Crippen LogP contribution in [0.25, 0.3) is 22.6 Å². The number of carbonyl (C=O) groups excluding carboxylic acids is 1. The van der Waals surface area contributed by atoms with Gasteiger partial charge in [0.25, 0.3) is 11.5 Å². The Kier molecular flexibility index (Phi) is 5.23. The average molecular weight is 584 g/mol. The third kappa shape index (κ3) is 3.83. The summed E-state index contributed by atoms with van der Waals surface area (Å²) in [5.41, 5.74) is 3.46. The zero-order valence-corrected chi connectivity index (χ0v) is 19.8. The van der Waals surface area contributed by atoms with Crippen LogP contribution in [0, 0.1) is 3.57 Å². The quantitative estimate of drug-likeness (QED) is 0.263. The van der Waals surface area contributed by atoms with E-state index in [1.807, 2.05) is 66.7 Å². The van der Waals surface area contributed by atoms with E-state index in [2.05, 4.69) is 43.8 Å². The Bertz CT molecular complexity index is 1440. The lowest BCUT2D eigenvalue weighted by Gasteiger charge is -2.12. The molecule has 0 spiro atoms. The van der Waals surface area contributed by atoms with E-state index in [9.17, 15) is 9.59 Å². The number of hydrogen-bond donors (Lipinski definition) is 1.